The van der Waals surface area contributed by atoms with Crippen LogP contribution in [0.15, 0.2) is 36.7 Å². The summed E-state index contributed by atoms with van der Waals surface area (Å²) in [7, 11) is 0. The first kappa shape index (κ1) is 18.7. The van der Waals surface area contributed by atoms with Gasteiger partial charge in [0.05, 0.1) is 0 Å². The molecule has 134 valence electrons. The molecule has 1 aromatic heterocycles. The Morgan fingerprint density at radius 3 is 2.44 bits per heavy atom. The molecule has 0 fully saturated rings. The third kappa shape index (κ3) is 5.45. The van der Waals surface area contributed by atoms with E-state index in [0.717, 1.165) is 43.9 Å². The lowest BCUT2D eigenvalue weighted by molar-refractivity contribution is 0.102. The van der Waals surface area contributed by atoms with Crippen molar-refractivity contribution >= 4 is 23.1 Å². The van der Waals surface area contributed by atoms with Gasteiger partial charge >= 0.3 is 0 Å². The first-order chi connectivity index (χ1) is 12.2. The van der Waals surface area contributed by atoms with Crippen LogP contribution in [0.3, 0.4) is 0 Å². The first-order valence-corrected chi connectivity index (χ1v) is 8.90. The molecular weight excluding hydrogens is 314 g/mol. The Bertz CT molecular complexity index is 668. The number of carbonyl (C=O) groups is 1. The maximum atomic E-state index is 12.4. The Morgan fingerprint density at radius 2 is 1.80 bits per heavy atom. The molecule has 1 heterocycles. The highest BCUT2D eigenvalue weighted by Gasteiger charge is 2.10. The van der Waals surface area contributed by atoms with Gasteiger partial charge in [-0.15, -0.1) is 0 Å². The summed E-state index contributed by atoms with van der Waals surface area (Å²) in [5.74, 6) is 0.432. The molecule has 1 amide bonds. The van der Waals surface area contributed by atoms with Crippen LogP contribution < -0.4 is 15.5 Å². The fraction of sp³-hybridized carbons (Fsp3) is 0.421. The predicted octanol–water partition coefficient (Wildman–Crippen LogP) is 3.79. The average Bonchev–Trinajstić information content (AvgIpc) is 2.64. The average molecular weight is 341 g/mol. The second kappa shape index (κ2) is 9.61. The number of aromatic nitrogens is 2. The van der Waals surface area contributed by atoms with E-state index in [2.05, 4.69) is 46.3 Å². The quantitative estimate of drug-likeness (QED) is 0.679. The normalized spacial score (nSPS) is 10.4. The molecule has 0 unspecified atom stereocenters. The van der Waals surface area contributed by atoms with Gasteiger partial charge in [-0.2, -0.15) is 0 Å². The summed E-state index contributed by atoms with van der Waals surface area (Å²) in [4.78, 5) is 22.8. The number of hydrogen-bond acceptors (Lipinski definition) is 5. The van der Waals surface area contributed by atoms with Gasteiger partial charge in [-0.1, -0.05) is 13.3 Å². The number of hydrogen-bond donors (Lipinski definition) is 2. The standard InChI is InChI=1S/C19H27N5O/c1-4-7-12-20-18-13-17(21-14-22-18)19(25)23-15-8-10-16(11-9-15)24(5-2)6-3/h8-11,13-14H,4-7,12H2,1-3H3,(H,23,25)(H,20,21,22). The molecule has 0 aliphatic carbocycles. The summed E-state index contributed by atoms with van der Waals surface area (Å²) in [6, 6.07) is 9.52. The van der Waals surface area contributed by atoms with Crippen molar-refractivity contribution in [3.05, 3.63) is 42.4 Å². The Balaban J connectivity index is 2.00. The summed E-state index contributed by atoms with van der Waals surface area (Å²) < 4.78 is 0. The van der Waals surface area contributed by atoms with Crippen molar-refractivity contribution in [1.82, 2.24) is 9.97 Å². The van der Waals surface area contributed by atoms with Crippen LogP contribution in [0.1, 0.15) is 44.1 Å². The predicted molar refractivity (Wildman–Crippen MR) is 103 cm³/mol. The van der Waals surface area contributed by atoms with Gasteiger partial charge in [-0.3, -0.25) is 4.79 Å². The zero-order valence-corrected chi connectivity index (χ0v) is 15.2. The molecule has 0 aliphatic heterocycles. The van der Waals surface area contributed by atoms with Gasteiger partial charge < -0.3 is 15.5 Å². The molecule has 0 atom stereocenters. The van der Waals surface area contributed by atoms with Crippen molar-refractivity contribution in [3.8, 4) is 0 Å². The number of amides is 1. The summed E-state index contributed by atoms with van der Waals surface area (Å²) in [6.07, 6.45) is 3.58. The number of anilines is 3. The fourth-order valence-corrected chi connectivity index (χ4v) is 2.51. The van der Waals surface area contributed by atoms with Crippen molar-refractivity contribution in [2.24, 2.45) is 0 Å². The molecule has 0 saturated carbocycles. The second-order valence-corrected chi connectivity index (χ2v) is 5.74. The van der Waals surface area contributed by atoms with Crippen LogP contribution in [0.4, 0.5) is 17.2 Å². The van der Waals surface area contributed by atoms with Gasteiger partial charge in [0.25, 0.3) is 5.91 Å². The van der Waals surface area contributed by atoms with Gasteiger partial charge in [0, 0.05) is 37.1 Å². The van der Waals surface area contributed by atoms with Crippen LogP contribution in [0, 0.1) is 0 Å². The lowest BCUT2D eigenvalue weighted by Gasteiger charge is -2.21. The Kier molecular flexibility index (Phi) is 7.19. The maximum Gasteiger partial charge on any atom is 0.274 e. The molecule has 1 aromatic carbocycles. The minimum Gasteiger partial charge on any atom is -0.372 e. The molecule has 0 spiro atoms. The number of unbranched alkanes of at least 4 members (excludes halogenated alkanes) is 1. The molecule has 2 aromatic rings. The monoisotopic (exact) mass is 341 g/mol. The van der Waals surface area contributed by atoms with Crippen LogP contribution in [0.2, 0.25) is 0 Å². The highest BCUT2D eigenvalue weighted by atomic mass is 16.1. The van der Waals surface area contributed by atoms with Crippen LogP contribution in [-0.4, -0.2) is 35.5 Å². The van der Waals surface area contributed by atoms with Gasteiger partial charge in [-0.05, 0) is 44.5 Å². The van der Waals surface area contributed by atoms with Crippen LogP contribution in [-0.2, 0) is 0 Å². The third-order valence-electron chi connectivity index (χ3n) is 3.99. The largest absolute Gasteiger partial charge is 0.372 e. The van der Waals surface area contributed by atoms with E-state index in [1.54, 1.807) is 6.07 Å². The van der Waals surface area contributed by atoms with Gasteiger partial charge in [0.1, 0.15) is 17.8 Å². The number of benzene rings is 1. The van der Waals surface area contributed by atoms with E-state index in [0.29, 0.717) is 11.5 Å². The molecule has 2 rings (SSSR count). The fourth-order valence-electron chi connectivity index (χ4n) is 2.51. The number of nitrogens with one attached hydrogen (secondary N) is 2. The number of carbonyl (C=O) groups excluding carboxylic acids is 1. The third-order valence-corrected chi connectivity index (χ3v) is 3.99. The van der Waals surface area contributed by atoms with Crippen molar-refractivity contribution in [3.63, 3.8) is 0 Å². The summed E-state index contributed by atoms with van der Waals surface area (Å²) >= 11 is 0. The zero-order valence-electron chi connectivity index (χ0n) is 15.2. The van der Waals surface area contributed by atoms with Gasteiger partial charge in [0.15, 0.2) is 0 Å². The van der Waals surface area contributed by atoms with E-state index in [4.69, 9.17) is 0 Å². The summed E-state index contributed by atoms with van der Waals surface area (Å²) in [5.41, 5.74) is 2.24. The molecule has 0 bridgehead atoms. The molecule has 25 heavy (non-hydrogen) atoms. The van der Waals surface area contributed by atoms with Crippen molar-refractivity contribution < 1.29 is 4.79 Å². The minimum atomic E-state index is -0.239. The van der Waals surface area contributed by atoms with E-state index in [1.165, 1.54) is 6.33 Å². The first-order valence-electron chi connectivity index (χ1n) is 8.90. The highest BCUT2D eigenvalue weighted by molar-refractivity contribution is 6.03. The molecular formula is C19H27N5O. The van der Waals surface area contributed by atoms with E-state index in [1.807, 2.05) is 24.3 Å². The Hall–Kier alpha value is -2.63. The van der Waals surface area contributed by atoms with Crippen molar-refractivity contribution in [1.29, 1.82) is 0 Å². The number of rotatable bonds is 9. The smallest absolute Gasteiger partial charge is 0.274 e. The Labute approximate surface area is 149 Å². The molecule has 2 N–H and O–H groups in total. The van der Waals surface area contributed by atoms with E-state index in [-0.39, 0.29) is 5.91 Å². The second-order valence-electron chi connectivity index (χ2n) is 5.74. The molecule has 6 heteroatoms. The van der Waals surface area contributed by atoms with Gasteiger partial charge in [0.2, 0.25) is 0 Å². The molecule has 0 saturated heterocycles. The SMILES string of the molecule is CCCCNc1cc(C(=O)Nc2ccc(N(CC)CC)cc2)ncn1. The van der Waals surface area contributed by atoms with E-state index in [9.17, 15) is 4.79 Å². The highest BCUT2D eigenvalue weighted by Crippen LogP contribution is 2.18. The lowest BCUT2D eigenvalue weighted by Crippen LogP contribution is -2.21. The van der Waals surface area contributed by atoms with E-state index >= 15 is 0 Å². The van der Waals surface area contributed by atoms with Crippen LogP contribution in [0.25, 0.3) is 0 Å². The van der Waals surface area contributed by atoms with Gasteiger partial charge in [-0.25, -0.2) is 9.97 Å². The molecule has 0 radical (unpaired) electrons. The lowest BCUT2D eigenvalue weighted by atomic mass is 10.2. The van der Waals surface area contributed by atoms with Crippen molar-refractivity contribution in [2.45, 2.75) is 33.6 Å². The zero-order chi connectivity index (χ0) is 18.1. The number of nitrogens with zero attached hydrogens (tertiary/aromatic N) is 3. The Morgan fingerprint density at radius 1 is 1.08 bits per heavy atom. The maximum absolute atomic E-state index is 12.4. The van der Waals surface area contributed by atoms with Crippen LogP contribution >= 0.6 is 0 Å². The summed E-state index contributed by atoms with van der Waals surface area (Å²) in [6.45, 7) is 9.13. The molecule has 6 nitrogen and oxygen atoms in total. The summed E-state index contributed by atoms with van der Waals surface area (Å²) in [5, 5.41) is 6.08. The van der Waals surface area contributed by atoms with E-state index < -0.39 is 0 Å². The topological polar surface area (TPSA) is 70.2 Å². The van der Waals surface area contributed by atoms with Crippen LogP contribution in [0.5, 0.6) is 0 Å². The molecule has 0 aliphatic rings. The minimum absolute atomic E-state index is 0.239. The van der Waals surface area contributed by atoms with Crippen molar-refractivity contribution in [2.75, 3.05) is 35.2 Å².